The van der Waals surface area contributed by atoms with Gasteiger partial charge in [0.2, 0.25) is 0 Å². The Labute approximate surface area is 295 Å². The maximum Gasteiger partial charge on any atom is 0.337 e. The fourth-order valence-electron chi connectivity index (χ4n) is 6.42. The molecule has 2 aromatic carbocycles. The lowest BCUT2D eigenvalue weighted by Gasteiger charge is -2.41. The van der Waals surface area contributed by atoms with Gasteiger partial charge in [0.25, 0.3) is 0 Å². The van der Waals surface area contributed by atoms with Crippen molar-refractivity contribution < 1.29 is 28.5 Å². The molecule has 1 saturated heterocycles. The minimum absolute atomic E-state index is 0.172. The quantitative estimate of drug-likeness (QED) is 0.150. The molecule has 0 aliphatic carbocycles. The van der Waals surface area contributed by atoms with Gasteiger partial charge in [-0.3, -0.25) is 4.98 Å². The average Bonchev–Trinajstić information content (AvgIpc) is 3.37. The lowest BCUT2D eigenvalue weighted by atomic mass is 9.81. The number of aryl methyl sites for hydroxylation is 3. The van der Waals surface area contributed by atoms with E-state index >= 15 is 0 Å². The predicted octanol–water partition coefficient (Wildman–Crippen LogP) is 8.37. The van der Waals surface area contributed by atoms with Crippen LogP contribution in [0.5, 0.6) is 5.75 Å². The number of aliphatic carboxylic acids is 1. The molecule has 0 spiro atoms. The first-order valence-electron chi connectivity index (χ1n) is 17.4. The third-order valence-corrected chi connectivity index (χ3v) is 9.14. The van der Waals surface area contributed by atoms with Gasteiger partial charge in [0.05, 0.1) is 35.9 Å². The second-order valence-corrected chi connectivity index (χ2v) is 15.0. The molecule has 4 aromatic rings. The van der Waals surface area contributed by atoms with E-state index in [1.807, 2.05) is 76.6 Å². The van der Waals surface area contributed by atoms with E-state index in [1.54, 1.807) is 12.1 Å². The highest BCUT2D eigenvalue weighted by Crippen LogP contribution is 2.45. The van der Waals surface area contributed by atoms with Gasteiger partial charge < -0.3 is 24.2 Å². The van der Waals surface area contributed by atoms with E-state index in [9.17, 15) is 14.3 Å². The van der Waals surface area contributed by atoms with Gasteiger partial charge in [-0.2, -0.15) is 5.10 Å². The number of nitrogens with zero attached hydrogens (tertiary/aromatic N) is 4. The third-order valence-electron chi connectivity index (χ3n) is 9.14. The van der Waals surface area contributed by atoms with Gasteiger partial charge in [-0.05, 0) is 101 Å². The lowest BCUT2D eigenvalue weighted by Crippen LogP contribution is -2.39. The highest BCUT2D eigenvalue weighted by molar-refractivity contribution is 5.88. The maximum absolute atomic E-state index is 13.3. The molecule has 0 saturated carbocycles. The first-order valence-corrected chi connectivity index (χ1v) is 17.4. The number of ether oxygens (including phenoxy) is 3. The van der Waals surface area contributed by atoms with Crippen molar-refractivity contribution in [1.29, 1.82) is 0 Å². The van der Waals surface area contributed by atoms with Crippen molar-refractivity contribution in [1.82, 2.24) is 14.8 Å². The summed E-state index contributed by atoms with van der Waals surface area (Å²) in [6.07, 6.45) is 1.32. The fraction of sp³-hybridized carbons (Fsp3) is 0.475. The van der Waals surface area contributed by atoms with Crippen LogP contribution in [0.15, 0.2) is 54.6 Å². The number of aromatic nitrogens is 3. The van der Waals surface area contributed by atoms with Crippen LogP contribution in [0.3, 0.4) is 0 Å². The largest absolute Gasteiger partial charge is 0.493 e. The van der Waals surface area contributed by atoms with Gasteiger partial charge in [0.15, 0.2) is 6.10 Å². The van der Waals surface area contributed by atoms with E-state index in [4.69, 9.17) is 19.2 Å². The summed E-state index contributed by atoms with van der Waals surface area (Å²) >= 11 is 0. The van der Waals surface area contributed by atoms with Crippen molar-refractivity contribution in [3.8, 4) is 16.9 Å². The van der Waals surface area contributed by atoms with E-state index < -0.39 is 17.7 Å². The molecule has 1 aliphatic heterocycles. The second kappa shape index (κ2) is 15.3. The van der Waals surface area contributed by atoms with Crippen LogP contribution in [-0.4, -0.2) is 51.1 Å². The maximum atomic E-state index is 13.3. The smallest absolute Gasteiger partial charge is 0.337 e. The summed E-state index contributed by atoms with van der Waals surface area (Å²) in [5.74, 6) is -0.630. The zero-order chi connectivity index (χ0) is 36.2. The molecule has 1 fully saturated rings. The van der Waals surface area contributed by atoms with Gasteiger partial charge in [0.1, 0.15) is 18.3 Å². The standard InChI is InChI=1S/C40H51FN4O5/c1-26-23-27(2)45(43-26)25-48-24-33-35(30-11-15-32(16-12-30)49-22-17-29-9-13-31(41)14-10-29)36(44-20-18-40(7,8)19-21-44)34(28(3)42-33)37(38(46)47)50-39(4,5)6/h9-16,23,37H,17-22,24-25H2,1-8H3,(H,46,47)/t37-/m0/s1. The number of halogens is 1. The molecule has 268 valence electrons. The lowest BCUT2D eigenvalue weighted by molar-refractivity contribution is -0.160. The number of carbonyl (C=O) groups is 1. The number of piperidine rings is 1. The average molecular weight is 687 g/mol. The van der Waals surface area contributed by atoms with Gasteiger partial charge in [-0.25, -0.2) is 13.9 Å². The summed E-state index contributed by atoms with van der Waals surface area (Å²) in [6, 6.07) is 16.3. The van der Waals surface area contributed by atoms with Gasteiger partial charge in [-0.15, -0.1) is 0 Å². The SMILES string of the molecule is Cc1cc(C)n(COCc2nc(C)c([C@H](OC(C)(C)C)C(=O)O)c(N3CCC(C)(C)CC3)c2-c2ccc(OCCc3ccc(F)cc3)cc2)n1. The minimum atomic E-state index is -1.23. The van der Waals surface area contributed by atoms with Crippen molar-refractivity contribution in [2.45, 2.75) is 99.7 Å². The van der Waals surface area contributed by atoms with E-state index in [0.717, 1.165) is 59.7 Å². The van der Waals surface area contributed by atoms with Gasteiger partial charge in [-0.1, -0.05) is 38.1 Å². The molecular formula is C40H51FN4O5. The summed E-state index contributed by atoms with van der Waals surface area (Å²) in [5.41, 5.74) is 6.73. The summed E-state index contributed by atoms with van der Waals surface area (Å²) in [4.78, 5) is 20.4. The Hall–Kier alpha value is -4.28. The number of pyridine rings is 1. The number of benzene rings is 2. The minimum Gasteiger partial charge on any atom is -0.493 e. The molecular weight excluding hydrogens is 635 g/mol. The summed E-state index contributed by atoms with van der Waals surface area (Å²) in [7, 11) is 0. The van der Waals surface area contributed by atoms with Crippen LogP contribution in [0.1, 0.15) is 87.5 Å². The monoisotopic (exact) mass is 686 g/mol. The number of carboxylic acid groups (broad SMARTS) is 1. The second-order valence-electron chi connectivity index (χ2n) is 15.0. The highest BCUT2D eigenvalue weighted by Gasteiger charge is 2.37. The molecule has 1 aliphatic rings. The van der Waals surface area contributed by atoms with Crippen molar-refractivity contribution in [2.75, 3.05) is 24.6 Å². The molecule has 1 N–H and O–H groups in total. The predicted molar refractivity (Wildman–Crippen MR) is 193 cm³/mol. The molecule has 0 amide bonds. The first kappa shape index (κ1) is 37.0. The van der Waals surface area contributed by atoms with Crippen LogP contribution >= 0.6 is 0 Å². The Morgan fingerprint density at radius 3 is 2.26 bits per heavy atom. The Kier molecular flexibility index (Phi) is 11.3. The van der Waals surface area contributed by atoms with E-state index in [1.165, 1.54) is 12.1 Å². The fourth-order valence-corrected chi connectivity index (χ4v) is 6.42. The molecule has 2 aromatic heterocycles. The van der Waals surface area contributed by atoms with Crippen molar-refractivity contribution in [3.63, 3.8) is 0 Å². The third kappa shape index (κ3) is 9.28. The Bertz CT molecular complexity index is 1770. The molecule has 0 bridgehead atoms. The van der Waals surface area contributed by atoms with Crippen LogP contribution in [0.25, 0.3) is 11.1 Å². The Morgan fingerprint density at radius 1 is 1.02 bits per heavy atom. The molecule has 0 unspecified atom stereocenters. The first-order chi connectivity index (χ1) is 23.6. The molecule has 0 radical (unpaired) electrons. The molecule has 50 heavy (non-hydrogen) atoms. The molecule has 9 nitrogen and oxygen atoms in total. The van der Waals surface area contributed by atoms with Crippen molar-refractivity contribution in [2.24, 2.45) is 5.41 Å². The van der Waals surface area contributed by atoms with Crippen LogP contribution in [0.2, 0.25) is 0 Å². The Morgan fingerprint density at radius 2 is 1.68 bits per heavy atom. The summed E-state index contributed by atoms with van der Waals surface area (Å²) in [5, 5.41) is 15.2. The van der Waals surface area contributed by atoms with Crippen LogP contribution < -0.4 is 9.64 Å². The number of hydrogen-bond donors (Lipinski definition) is 1. The van der Waals surface area contributed by atoms with Crippen LogP contribution in [-0.2, 0) is 34.0 Å². The van der Waals surface area contributed by atoms with Crippen LogP contribution in [0, 0.1) is 32.0 Å². The zero-order valence-electron chi connectivity index (χ0n) is 30.7. The number of rotatable bonds is 13. The van der Waals surface area contributed by atoms with E-state index in [2.05, 4.69) is 23.8 Å². The normalized spacial score (nSPS) is 15.3. The Balaban J connectivity index is 1.57. The topological polar surface area (TPSA) is 98.9 Å². The number of carboxylic acids is 1. The summed E-state index contributed by atoms with van der Waals surface area (Å²) < 4.78 is 33.8. The van der Waals surface area contributed by atoms with Crippen LogP contribution in [0.4, 0.5) is 10.1 Å². The number of anilines is 1. The van der Waals surface area contributed by atoms with Gasteiger partial charge >= 0.3 is 5.97 Å². The number of hydrogen-bond acceptors (Lipinski definition) is 7. The van der Waals surface area contributed by atoms with E-state index in [-0.39, 0.29) is 24.6 Å². The highest BCUT2D eigenvalue weighted by atomic mass is 19.1. The summed E-state index contributed by atoms with van der Waals surface area (Å²) in [6.45, 7) is 18.4. The van der Waals surface area contributed by atoms with Crippen molar-refractivity contribution >= 4 is 11.7 Å². The van der Waals surface area contributed by atoms with E-state index in [0.29, 0.717) is 35.7 Å². The molecule has 5 rings (SSSR count). The van der Waals surface area contributed by atoms with Gasteiger partial charge in [0, 0.05) is 42.0 Å². The van der Waals surface area contributed by atoms with Crippen molar-refractivity contribution in [3.05, 3.63) is 94.3 Å². The zero-order valence-corrected chi connectivity index (χ0v) is 30.7. The molecule has 3 heterocycles. The molecule has 1 atom stereocenters. The molecule has 10 heteroatoms.